The predicted molar refractivity (Wildman–Crippen MR) is 215 cm³/mol. The summed E-state index contributed by atoms with van der Waals surface area (Å²) in [6.45, 7) is 3.86. The summed E-state index contributed by atoms with van der Waals surface area (Å²) in [4.78, 5) is 47.0. The zero-order chi connectivity index (χ0) is 39.6. The number of hydrogen-bond acceptors (Lipinski definition) is 8. The van der Waals surface area contributed by atoms with Gasteiger partial charge in [-0.3, -0.25) is 19.3 Å². The Labute approximate surface area is 332 Å². The van der Waals surface area contributed by atoms with E-state index in [1.807, 2.05) is 89.8 Å². The van der Waals surface area contributed by atoms with E-state index in [-0.39, 0.29) is 19.8 Å². The van der Waals surface area contributed by atoms with Crippen LogP contribution in [0.4, 0.5) is 5.69 Å². The lowest BCUT2D eigenvalue weighted by Gasteiger charge is -2.46. The Kier molecular flexibility index (Phi) is 10.7. The van der Waals surface area contributed by atoms with Gasteiger partial charge >= 0.3 is 5.97 Å². The lowest BCUT2D eigenvalue weighted by molar-refractivity contribution is -0.178. The molecule has 1 aliphatic carbocycles. The van der Waals surface area contributed by atoms with E-state index in [0.29, 0.717) is 41.0 Å². The van der Waals surface area contributed by atoms with E-state index in [1.54, 1.807) is 24.3 Å². The molecule has 1 saturated carbocycles. The quantitative estimate of drug-likeness (QED) is 0.0699. The Hall–Kier alpha value is -5.73. The minimum Gasteiger partial charge on any atom is -0.491 e. The highest BCUT2D eigenvalue weighted by atomic mass is 16.6. The van der Waals surface area contributed by atoms with Crippen molar-refractivity contribution in [2.75, 3.05) is 25.1 Å². The highest BCUT2D eigenvalue weighted by Crippen LogP contribution is 2.64. The van der Waals surface area contributed by atoms with Crippen LogP contribution in [0, 0.1) is 17.8 Å². The van der Waals surface area contributed by atoms with Crippen LogP contribution >= 0.6 is 0 Å². The number of rotatable bonds is 9. The minimum atomic E-state index is -1.67. The normalized spacial score (nSPS) is 26.2. The monoisotopic (exact) mass is 765 g/mol. The molecule has 3 aliphatic heterocycles. The van der Waals surface area contributed by atoms with Gasteiger partial charge in [-0.05, 0) is 78.3 Å². The maximum absolute atomic E-state index is 15.3. The number of carbonyl (C=O) groups excluding carboxylic acids is 3. The van der Waals surface area contributed by atoms with Crippen LogP contribution in [0.25, 0.3) is 0 Å². The van der Waals surface area contributed by atoms with Crippen LogP contribution in [-0.4, -0.2) is 64.3 Å². The molecule has 8 rings (SSSR count). The Morgan fingerprint density at radius 3 is 2.26 bits per heavy atom. The Bertz CT molecular complexity index is 2190. The van der Waals surface area contributed by atoms with E-state index in [0.717, 1.165) is 36.8 Å². The molecule has 10 heteroatoms. The summed E-state index contributed by atoms with van der Waals surface area (Å²) in [7, 11) is 0. The first-order chi connectivity index (χ1) is 27.8. The summed E-state index contributed by atoms with van der Waals surface area (Å²) in [5.74, 6) is 4.11. The number of amides is 2. The molecule has 4 N–H and O–H groups in total. The number of carbonyl (C=O) groups is 3. The average molecular weight is 766 g/mol. The number of esters is 1. The van der Waals surface area contributed by atoms with Crippen molar-refractivity contribution in [3.05, 3.63) is 144 Å². The third-order valence-electron chi connectivity index (χ3n) is 11.9. The molecule has 3 fully saturated rings. The molecule has 3 heterocycles. The molecule has 4 aromatic carbocycles. The van der Waals surface area contributed by atoms with Gasteiger partial charge in [0.25, 0.3) is 0 Å². The predicted octanol–water partition coefficient (Wildman–Crippen LogP) is 6.07. The van der Waals surface area contributed by atoms with Crippen LogP contribution in [0.5, 0.6) is 5.75 Å². The second kappa shape index (κ2) is 16.0. The summed E-state index contributed by atoms with van der Waals surface area (Å²) in [5.41, 5.74) is 1.10. The van der Waals surface area contributed by atoms with Crippen molar-refractivity contribution >= 4 is 23.5 Å². The van der Waals surface area contributed by atoms with Gasteiger partial charge in [-0.2, -0.15) is 0 Å². The molecule has 292 valence electrons. The lowest BCUT2D eigenvalue weighted by Crippen LogP contribution is -2.54. The number of ether oxygens (including phenoxy) is 2. The number of aliphatic hydroxyl groups excluding tert-OH is 1. The van der Waals surface area contributed by atoms with Gasteiger partial charge in [-0.15, -0.1) is 6.58 Å². The van der Waals surface area contributed by atoms with Gasteiger partial charge in [0.05, 0.1) is 24.6 Å². The smallest absolute Gasteiger partial charge is 0.324 e. The minimum absolute atomic E-state index is 0.0991. The Balaban J connectivity index is 1.39. The largest absolute Gasteiger partial charge is 0.491 e. The highest BCUT2D eigenvalue weighted by molar-refractivity contribution is 6.12. The third kappa shape index (κ3) is 6.90. The van der Waals surface area contributed by atoms with Crippen molar-refractivity contribution in [3.63, 3.8) is 0 Å². The number of anilines is 1. The fourth-order valence-electron chi connectivity index (χ4n) is 9.49. The van der Waals surface area contributed by atoms with Gasteiger partial charge in [-0.1, -0.05) is 104 Å². The highest BCUT2D eigenvalue weighted by Gasteiger charge is 2.74. The standard InChI is InChI=1S/C47H47N3O7/c1-2-27-48-43(52)38-40-44(53)57-41(33-15-9-6-10-16-33)39(32-13-7-5-8-14-32)50(40)42(34-18-20-35(21-19-34)56-29-28-51)47(38)36-30-31(17-22-37(36)49-45(47)54)23-26-46(55)24-11-3-4-12-25-46/h2,5-10,13-22,30,38-42,51,55H,1,3-4,11-12,24-25,27-29H2,(H,48,52)(H,49,54). The number of nitrogens with one attached hydrogen (secondary N) is 2. The van der Waals surface area contributed by atoms with Crippen LogP contribution in [0.3, 0.4) is 0 Å². The van der Waals surface area contributed by atoms with E-state index < -0.39 is 58.9 Å². The van der Waals surface area contributed by atoms with Crippen molar-refractivity contribution in [3.8, 4) is 17.6 Å². The average Bonchev–Trinajstić information content (AvgIpc) is 3.60. The number of hydrogen-bond donors (Lipinski definition) is 4. The van der Waals surface area contributed by atoms with Crippen LogP contribution < -0.4 is 15.4 Å². The van der Waals surface area contributed by atoms with E-state index in [9.17, 15) is 19.8 Å². The summed E-state index contributed by atoms with van der Waals surface area (Å²) >= 11 is 0. The molecule has 4 aromatic rings. The van der Waals surface area contributed by atoms with Crippen molar-refractivity contribution < 1.29 is 34.1 Å². The molecule has 0 aromatic heterocycles. The number of morpholine rings is 1. The van der Waals surface area contributed by atoms with Crippen LogP contribution in [0.15, 0.2) is 116 Å². The maximum Gasteiger partial charge on any atom is 0.324 e. The molecule has 4 aliphatic rings. The number of nitrogens with zero attached hydrogens (tertiary/aromatic N) is 1. The molecule has 6 atom stereocenters. The topological polar surface area (TPSA) is 137 Å². The molecule has 6 unspecified atom stereocenters. The van der Waals surface area contributed by atoms with Gasteiger partial charge in [0.15, 0.2) is 0 Å². The van der Waals surface area contributed by atoms with E-state index >= 15 is 4.79 Å². The molecule has 2 amide bonds. The first-order valence-electron chi connectivity index (χ1n) is 19.8. The summed E-state index contributed by atoms with van der Waals surface area (Å²) in [5, 5.41) is 27.0. The van der Waals surface area contributed by atoms with Crippen molar-refractivity contribution in [1.82, 2.24) is 10.2 Å². The summed E-state index contributed by atoms with van der Waals surface area (Å²) < 4.78 is 12.2. The third-order valence-corrected chi connectivity index (χ3v) is 11.9. The summed E-state index contributed by atoms with van der Waals surface area (Å²) in [6.07, 6.45) is 5.84. The van der Waals surface area contributed by atoms with Crippen LogP contribution in [0.1, 0.15) is 84.5 Å². The second-order valence-electron chi connectivity index (χ2n) is 15.4. The van der Waals surface area contributed by atoms with E-state index in [1.165, 1.54) is 0 Å². The molecule has 10 nitrogen and oxygen atoms in total. The van der Waals surface area contributed by atoms with Gasteiger partial charge in [0, 0.05) is 17.8 Å². The first-order valence-corrected chi connectivity index (χ1v) is 19.8. The number of fused-ring (bicyclic) bond motifs is 3. The molecule has 0 bridgehead atoms. The fourth-order valence-corrected chi connectivity index (χ4v) is 9.49. The number of cyclic esters (lactones) is 1. The van der Waals surface area contributed by atoms with E-state index in [4.69, 9.17) is 9.47 Å². The van der Waals surface area contributed by atoms with Crippen LogP contribution in [-0.2, 0) is 24.5 Å². The van der Waals surface area contributed by atoms with Crippen molar-refractivity contribution in [2.24, 2.45) is 5.92 Å². The van der Waals surface area contributed by atoms with Crippen molar-refractivity contribution in [2.45, 2.75) is 73.8 Å². The van der Waals surface area contributed by atoms with Crippen molar-refractivity contribution in [1.29, 1.82) is 0 Å². The van der Waals surface area contributed by atoms with Gasteiger partial charge in [0.1, 0.15) is 35.5 Å². The Morgan fingerprint density at radius 2 is 1.60 bits per heavy atom. The summed E-state index contributed by atoms with van der Waals surface area (Å²) in [6, 6.07) is 29.2. The molecular weight excluding hydrogens is 719 g/mol. The fraction of sp³-hybridized carbons (Fsp3) is 0.340. The van der Waals surface area contributed by atoms with Gasteiger partial charge in [-0.25, -0.2) is 0 Å². The van der Waals surface area contributed by atoms with E-state index in [2.05, 4.69) is 29.1 Å². The Morgan fingerprint density at radius 1 is 0.912 bits per heavy atom. The molecule has 2 saturated heterocycles. The maximum atomic E-state index is 15.3. The number of aliphatic hydroxyl groups is 2. The zero-order valence-electron chi connectivity index (χ0n) is 31.7. The SMILES string of the molecule is C=CCNC(=O)C1C2C(=O)OC(c3ccccc3)C(c3ccccc3)N2C(c2ccc(OCCO)cc2)C12C(=O)Nc1ccc(C#CC3(O)CCCCCC3)cc12. The van der Waals surface area contributed by atoms with Gasteiger partial charge < -0.3 is 30.3 Å². The zero-order valence-corrected chi connectivity index (χ0v) is 31.7. The lowest BCUT2D eigenvalue weighted by atomic mass is 9.65. The molecular formula is C47H47N3O7. The first kappa shape index (κ1) is 38.2. The van der Waals surface area contributed by atoms with Crippen LogP contribution in [0.2, 0.25) is 0 Å². The molecule has 57 heavy (non-hydrogen) atoms. The molecule has 0 radical (unpaired) electrons. The molecule has 1 spiro atoms. The second-order valence-corrected chi connectivity index (χ2v) is 15.4. The van der Waals surface area contributed by atoms with Gasteiger partial charge in [0.2, 0.25) is 11.8 Å². The number of benzene rings is 4.